The van der Waals surface area contributed by atoms with Crippen LogP contribution in [0.3, 0.4) is 0 Å². The van der Waals surface area contributed by atoms with Gasteiger partial charge in [0, 0.05) is 50.7 Å². The van der Waals surface area contributed by atoms with E-state index in [0.29, 0.717) is 56.3 Å². The van der Waals surface area contributed by atoms with Gasteiger partial charge in [-0.05, 0) is 49.8 Å². The number of amides is 2. The van der Waals surface area contributed by atoms with Crippen molar-refractivity contribution in [2.45, 2.75) is 39.3 Å². The summed E-state index contributed by atoms with van der Waals surface area (Å²) in [4.78, 5) is 28.8. The average molecular weight is 461 g/mol. The van der Waals surface area contributed by atoms with Crippen LogP contribution in [0.2, 0.25) is 0 Å². The third-order valence-electron chi connectivity index (χ3n) is 5.77. The molecule has 1 aliphatic rings. The third kappa shape index (κ3) is 6.17. The molecule has 2 heterocycles. The number of aromatic amines is 1. The maximum atomic E-state index is 12.8. The number of nitrogens with zero attached hydrogens (tertiary/aromatic N) is 4. The van der Waals surface area contributed by atoms with Gasteiger partial charge < -0.3 is 15.0 Å². The van der Waals surface area contributed by atoms with Crippen molar-refractivity contribution in [2.24, 2.45) is 0 Å². The molecule has 1 fully saturated rings. The first-order chi connectivity index (χ1) is 15.4. The third-order valence-corrected chi connectivity index (χ3v) is 6.08. The topological polar surface area (TPSA) is 95.5 Å². The average Bonchev–Trinajstić information content (AvgIpc) is 3.18. The first-order valence-corrected chi connectivity index (χ1v) is 11.4. The maximum Gasteiger partial charge on any atom is 0.234 e. The van der Waals surface area contributed by atoms with Gasteiger partial charge in [0.1, 0.15) is 5.75 Å². The molecule has 0 radical (unpaired) electrons. The van der Waals surface area contributed by atoms with E-state index in [1.165, 1.54) is 0 Å². The Morgan fingerprint density at radius 1 is 1.22 bits per heavy atom. The van der Waals surface area contributed by atoms with E-state index in [1.54, 1.807) is 7.11 Å². The van der Waals surface area contributed by atoms with Gasteiger partial charge in [0.2, 0.25) is 11.8 Å². The lowest BCUT2D eigenvalue weighted by atomic mass is 10.2. The lowest BCUT2D eigenvalue weighted by Gasteiger charge is -2.34. The van der Waals surface area contributed by atoms with Gasteiger partial charge in [0.05, 0.1) is 13.7 Å². The summed E-state index contributed by atoms with van der Waals surface area (Å²) in [6.45, 7) is 7.51. The van der Waals surface area contributed by atoms with Crippen molar-refractivity contribution in [2.75, 3.05) is 39.8 Å². The molecule has 174 valence electrons. The molecular weight excluding hydrogens is 428 g/mol. The fourth-order valence-corrected chi connectivity index (χ4v) is 3.86. The van der Waals surface area contributed by atoms with E-state index in [2.05, 4.69) is 20.4 Å². The van der Waals surface area contributed by atoms with E-state index >= 15 is 0 Å². The zero-order chi connectivity index (χ0) is 23.1. The molecule has 1 atom stereocenters. The molecule has 9 nitrogen and oxygen atoms in total. The molecule has 32 heavy (non-hydrogen) atoms. The molecule has 0 bridgehead atoms. The highest BCUT2D eigenvalue weighted by molar-refractivity contribution is 7.71. The number of hydrogen-bond acceptors (Lipinski definition) is 6. The molecule has 10 heteroatoms. The summed E-state index contributed by atoms with van der Waals surface area (Å²) in [5, 5.41) is 10.1. The van der Waals surface area contributed by atoms with Crippen molar-refractivity contribution < 1.29 is 14.3 Å². The molecule has 2 aromatic rings. The number of rotatable bonds is 9. The van der Waals surface area contributed by atoms with Gasteiger partial charge in [0.25, 0.3) is 0 Å². The van der Waals surface area contributed by atoms with Crippen LogP contribution in [0.1, 0.15) is 26.7 Å². The number of H-pyrrole nitrogens is 1. The van der Waals surface area contributed by atoms with Crippen LogP contribution in [0.25, 0.3) is 11.4 Å². The molecular formula is C22H32N6O3S. The molecule has 0 spiro atoms. The fourth-order valence-electron chi connectivity index (χ4n) is 3.63. The first-order valence-electron chi connectivity index (χ1n) is 11.0. The molecule has 0 aliphatic carbocycles. The molecule has 1 aliphatic heterocycles. The van der Waals surface area contributed by atoms with E-state index in [0.717, 1.165) is 17.7 Å². The highest BCUT2D eigenvalue weighted by atomic mass is 32.1. The molecule has 3 rings (SSSR count). The van der Waals surface area contributed by atoms with Crippen molar-refractivity contribution in [3.05, 3.63) is 29.0 Å². The van der Waals surface area contributed by atoms with Crippen LogP contribution in [-0.4, -0.2) is 82.3 Å². The smallest absolute Gasteiger partial charge is 0.234 e. The minimum atomic E-state index is 0.0412. The number of carbonyl (C=O) groups is 2. The Balaban J connectivity index is 1.51. The zero-order valence-corrected chi connectivity index (χ0v) is 19.8. The van der Waals surface area contributed by atoms with Gasteiger partial charge in [-0.25, -0.2) is 0 Å². The number of nitrogens with one attached hydrogen (secondary N) is 2. The molecule has 2 N–H and O–H groups in total. The van der Waals surface area contributed by atoms with Crippen molar-refractivity contribution >= 4 is 24.0 Å². The minimum Gasteiger partial charge on any atom is -0.497 e. The highest BCUT2D eigenvalue weighted by Gasteiger charge is 2.23. The van der Waals surface area contributed by atoms with Gasteiger partial charge in [0.15, 0.2) is 10.6 Å². The monoisotopic (exact) mass is 460 g/mol. The predicted molar refractivity (Wildman–Crippen MR) is 125 cm³/mol. The summed E-state index contributed by atoms with van der Waals surface area (Å²) < 4.78 is 7.54. The SMILES string of the molecule is CCC(C)NC(=O)CN1CCN(C(=O)CCn2c(-c3ccc(OC)cc3)n[nH]c2=S)CC1. The number of hydrogen-bond donors (Lipinski definition) is 2. The van der Waals surface area contributed by atoms with Gasteiger partial charge >= 0.3 is 0 Å². The van der Waals surface area contributed by atoms with Crippen molar-refractivity contribution in [1.82, 2.24) is 29.9 Å². The molecule has 1 saturated heterocycles. The Morgan fingerprint density at radius 2 is 1.91 bits per heavy atom. The minimum absolute atomic E-state index is 0.0412. The Morgan fingerprint density at radius 3 is 2.53 bits per heavy atom. The lowest BCUT2D eigenvalue weighted by Crippen LogP contribution is -2.51. The largest absolute Gasteiger partial charge is 0.497 e. The van der Waals surface area contributed by atoms with E-state index in [4.69, 9.17) is 17.0 Å². The quantitative estimate of drug-likeness (QED) is 0.556. The molecule has 1 aromatic carbocycles. The van der Waals surface area contributed by atoms with Crippen LogP contribution in [0.5, 0.6) is 5.75 Å². The summed E-state index contributed by atoms with van der Waals surface area (Å²) in [6, 6.07) is 7.75. The summed E-state index contributed by atoms with van der Waals surface area (Å²) in [5.74, 6) is 1.58. The predicted octanol–water partition coefficient (Wildman–Crippen LogP) is 2.07. The Bertz CT molecular complexity index is 963. The second kappa shape index (κ2) is 11.2. The van der Waals surface area contributed by atoms with Crippen LogP contribution in [0.4, 0.5) is 0 Å². The summed E-state index contributed by atoms with van der Waals surface area (Å²) in [6.07, 6.45) is 1.25. The van der Waals surface area contributed by atoms with Crippen molar-refractivity contribution in [1.29, 1.82) is 0 Å². The van der Waals surface area contributed by atoms with Crippen molar-refractivity contribution in [3.8, 4) is 17.1 Å². The van der Waals surface area contributed by atoms with E-state index in [1.807, 2.05) is 47.6 Å². The Kier molecular flexibility index (Phi) is 8.40. The number of piperazine rings is 1. The lowest BCUT2D eigenvalue weighted by molar-refractivity contribution is -0.133. The number of methoxy groups -OCH3 is 1. The fraction of sp³-hybridized carbons (Fsp3) is 0.545. The van der Waals surface area contributed by atoms with Crippen LogP contribution in [0.15, 0.2) is 24.3 Å². The molecule has 2 amide bonds. The molecule has 1 unspecified atom stereocenters. The highest BCUT2D eigenvalue weighted by Crippen LogP contribution is 2.21. The number of ether oxygens (including phenoxy) is 1. The molecule has 1 aromatic heterocycles. The molecule has 0 saturated carbocycles. The van der Waals surface area contributed by atoms with E-state index in [9.17, 15) is 9.59 Å². The van der Waals surface area contributed by atoms with Crippen LogP contribution < -0.4 is 10.1 Å². The summed E-state index contributed by atoms with van der Waals surface area (Å²) in [5.41, 5.74) is 0.898. The maximum absolute atomic E-state index is 12.8. The van der Waals surface area contributed by atoms with Gasteiger partial charge in [-0.1, -0.05) is 6.92 Å². The van der Waals surface area contributed by atoms with E-state index < -0.39 is 0 Å². The second-order valence-electron chi connectivity index (χ2n) is 8.02. The normalized spacial score (nSPS) is 15.4. The number of aromatic nitrogens is 3. The van der Waals surface area contributed by atoms with E-state index in [-0.39, 0.29) is 17.9 Å². The summed E-state index contributed by atoms with van der Waals surface area (Å²) in [7, 11) is 1.62. The number of benzene rings is 1. The zero-order valence-electron chi connectivity index (χ0n) is 19.0. The van der Waals surface area contributed by atoms with Crippen LogP contribution >= 0.6 is 12.2 Å². The van der Waals surface area contributed by atoms with Crippen molar-refractivity contribution in [3.63, 3.8) is 0 Å². The van der Waals surface area contributed by atoms with Crippen LogP contribution in [-0.2, 0) is 16.1 Å². The first kappa shape index (κ1) is 23.9. The Hall–Kier alpha value is -2.72. The van der Waals surface area contributed by atoms with Crippen LogP contribution in [0, 0.1) is 4.77 Å². The number of carbonyl (C=O) groups excluding carboxylic acids is 2. The van der Waals surface area contributed by atoms with Gasteiger partial charge in [-0.3, -0.25) is 24.2 Å². The summed E-state index contributed by atoms with van der Waals surface area (Å²) >= 11 is 5.37. The van der Waals surface area contributed by atoms with Gasteiger partial charge in [-0.2, -0.15) is 5.10 Å². The van der Waals surface area contributed by atoms with Gasteiger partial charge in [-0.15, -0.1) is 0 Å². The Labute approximate surface area is 193 Å². The standard InChI is InChI=1S/C22H32N6O3S/c1-4-16(2)23-19(29)15-26-11-13-27(14-12-26)20(30)9-10-28-21(24-25-22(28)32)17-5-7-18(31-3)8-6-17/h5-8,16H,4,9-15H2,1-3H3,(H,23,29)(H,25,32). The second-order valence-corrected chi connectivity index (χ2v) is 8.40.